The Morgan fingerprint density at radius 1 is 1.33 bits per heavy atom. The number of aromatic nitrogens is 2. The normalized spacial score (nSPS) is 10.6. The summed E-state index contributed by atoms with van der Waals surface area (Å²) >= 11 is 9.26. The molecule has 1 heterocycles. The SMILES string of the molecule is CCn1c(-c2ccc(Cl)cc2)cnc1Br. The average molecular weight is 286 g/mol. The summed E-state index contributed by atoms with van der Waals surface area (Å²) < 4.78 is 2.96. The number of imidazole rings is 1. The van der Waals surface area contributed by atoms with Crippen LogP contribution in [0.4, 0.5) is 0 Å². The standard InChI is InChI=1S/C11H10BrClN2/c1-2-15-10(7-14-11(15)12)8-3-5-9(13)6-4-8/h3-7H,2H2,1H3. The van der Waals surface area contributed by atoms with E-state index in [1.807, 2.05) is 30.5 Å². The van der Waals surface area contributed by atoms with Crippen LogP contribution in [0.5, 0.6) is 0 Å². The summed E-state index contributed by atoms with van der Waals surface area (Å²) in [4.78, 5) is 4.23. The molecule has 1 aromatic carbocycles. The smallest absolute Gasteiger partial charge is 0.177 e. The van der Waals surface area contributed by atoms with E-state index in [2.05, 4.69) is 32.4 Å². The summed E-state index contributed by atoms with van der Waals surface area (Å²) in [5.74, 6) is 0. The first-order chi connectivity index (χ1) is 7.22. The van der Waals surface area contributed by atoms with E-state index < -0.39 is 0 Å². The predicted molar refractivity (Wildman–Crippen MR) is 66.0 cm³/mol. The Morgan fingerprint density at radius 3 is 2.60 bits per heavy atom. The van der Waals surface area contributed by atoms with Crippen molar-refractivity contribution in [3.63, 3.8) is 0 Å². The molecular formula is C11H10BrClN2. The summed E-state index contributed by atoms with van der Waals surface area (Å²) in [5.41, 5.74) is 2.22. The zero-order chi connectivity index (χ0) is 10.8. The van der Waals surface area contributed by atoms with Crippen molar-refractivity contribution in [3.8, 4) is 11.3 Å². The van der Waals surface area contributed by atoms with E-state index >= 15 is 0 Å². The van der Waals surface area contributed by atoms with Gasteiger partial charge in [-0.25, -0.2) is 4.98 Å². The number of halogens is 2. The topological polar surface area (TPSA) is 17.8 Å². The van der Waals surface area contributed by atoms with Crippen LogP contribution in [0.2, 0.25) is 5.02 Å². The van der Waals surface area contributed by atoms with Gasteiger partial charge in [-0.1, -0.05) is 23.7 Å². The molecule has 0 N–H and O–H groups in total. The van der Waals surface area contributed by atoms with Crippen molar-refractivity contribution in [2.75, 3.05) is 0 Å². The maximum Gasteiger partial charge on any atom is 0.177 e. The number of hydrogen-bond acceptors (Lipinski definition) is 1. The number of nitrogens with zero attached hydrogens (tertiary/aromatic N) is 2. The van der Waals surface area contributed by atoms with Crippen LogP contribution in [0.15, 0.2) is 35.2 Å². The van der Waals surface area contributed by atoms with Crippen molar-refractivity contribution in [1.29, 1.82) is 0 Å². The van der Waals surface area contributed by atoms with Gasteiger partial charge < -0.3 is 4.57 Å². The highest BCUT2D eigenvalue weighted by Gasteiger charge is 2.07. The molecule has 0 fully saturated rings. The molecule has 0 aliphatic heterocycles. The molecule has 1 aromatic heterocycles. The molecule has 0 amide bonds. The summed E-state index contributed by atoms with van der Waals surface area (Å²) in [7, 11) is 0. The van der Waals surface area contributed by atoms with Crippen LogP contribution in [-0.4, -0.2) is 9.55 Å². The fraction of sp³-hybridized carbons (Fsp3) is 0.182. The first-order valence-corrected chi connectivity index (χ1v) is 5.86. The van der Waals surface area contributed by atoms with E-state index in [-0.39, 0.29) is 0 Å². The van der Waals surface area contributed by atoms with E-state index in [1.165, 1.54) is 0 Å². The highest BCUT2D eigenvalue weighted by molar-refractivity contribution is 9.10. The predicted octanol–water partition coefficient (Wildman–Crippen LogP) is 3.99. The molecule has 0 unspecified atom stereocenters. The summed E-state index contributed by atoms with van der Waals surface area (Å²) in [6.45, 7) is 2.98. The minimum Gasteiger partial charge on any atom is -0.319 e. The van der Waals surface area contributed by atoms with Crippen molar-refractivity contribution in [2.45, 2.75) is 13.5 Å². The average Bonchev–Trinajstić information content (AvgIpc) is 2.61. The lowest BCUT2D eigenvalue weighted by Gasteiger charge is -2.06. The second-order valence-corrected chi connectivity index (χ2v) is 4.31. The van der Waals surface area contributed by atoms with Gasteiger partial charge in [-0.15, -0.1) is 0 Å². The Balaban J connectivity index is 2.49. The third-order valence-corrected chi connectivity index (χ3v) is 3.15. The van der Waals surface area contributed by atoms with Gasteiger partial charge in [0.2, 0.25) is 0 Å². The molecule has 2 nitrogen and oxygen atoms in total. The molecule has 15 heavy (non-hydrogen) atoms. The van der Waals surface area contributed by atoms with Gasteiger partial charge in [-0.05, 0) is 40.5 Å². The zero-order valence-electron chi connectivity index (χ0n) is 8.24. The molecule has 0 spiro atoms. The molecule has 4 heteroatoms. The number of hydrogen-bond donors (Lipinski definition) is 0. The van der Waals surface area contributed by atoms with Crippen LogP contribution in [0.1, 0.15) is 6.92 Å². The Bertz CT molecular complexity index is 462. The molecule has 78 valence electrons. The molecule has 0 atom stereocenters. The van der Waals surface area contributed by atoms with Crippen molar-refractivity contribution in [1.82, 2.24) is 9.55 Å². The van der Waals surface area contributed by atoms with Crippen molar-refractivity contribution < 1.29 is 0 Å². The first-order valence-electron chi connectivity index (χ1n) is 4.69. The van der Waals surface area contributed by atoms with E-state index in [0.29, 0.717) is 0 Å². The third-order valence-electron chi connectivity index (χ3n) is 2.26. The summed E-state index contributed by atoms with van der Waals surface area (Å²) in [6, 6.07) is 7.77. The Labute approximate surface area is 102 Å². The molecule has 2 rings (SSSR count). The third kappa shape index (κ3) is 2.08. The quantitative estimate of drug-likeness (QED) is 0.816. The highest BCUT2D eigenvalue weighted by Crippen LogP contribution is 2.24. The fourth-order valence-corrected chi connectivity index (χ4v) is 2.18. The molecular weight excluding hydrogens is 275 g/mol. The van der Waals surface area contributed by atoms with Crippen LogP contribution in [-0.2, 0) is 6.54 Å². The lowest BCUT2D eigenvalue weighted by atomic mass is 10.2. The van der Waals surface area contributed by atoms with Crippen LogP contribution in [0.3, 0.4) is 0 Å². The fourth-order valence-electron chi connectivity index (χ4n) is 1.51. The van der Waals surface area contributed by atoms with Gasteiger partial charge in [0.05, 0.1) is 11.9 Å². The van der Waals surface area contributed by atoms with Crippen molar-refractivity contribution in [2.24, 2.45) is 0 Å². The molecule has 0 bridgehead atoms. The maximum absolute atomic E-state index is 5.85. The van der Waals surface area contributed by atoms with Gasteiger partial charge >= 0.3 is 0 Å². The highest BCUT2D eigenvalue weighted by atomic mass is 79.9. The molecule has 0 aliphatic rings. The summed E-state index contributed by atoms with van der Waals surface area (Å²) in [6.07, 6.45) is 1.86. The minimum atomic E-state index is 0.750. The second-order valence-electron chi connectivity index (χ2n) is 3.16. The number of rotatable bonds is 2. The molecule has 0 radical (unpaired) electrons. The monoisotopic (exact) mass is 284 g/mol. The lowest BCUT2D eigenvalue weighted by Crippen LogP contribution is -1.96. The van der Waals surface area contributed by atoms with E-state index in [1.54, 1.807) is 0 Å². The lowest BCUT2D eigenvalue weighted by molar-refractivity contribution is 0.748. The van der Waals surface area contributed by atoms with E-state index in [0.717, 1.165) is 27.6 Å². The van der Waals surface area contributed by atoms with Gasteiger partial charge in [0.1, 0.15) is 0 Å². The first kappa shape index (κ1) is 10.7. The number of benzene rings is 1. The van der Waals surface area contributed by atoms with E-state index in [9.17, 15) is 0 Å². The zero-order valence-corrected chi connectivity index (χ0v) is 10.6. The van der Waals surface area contributed by atoms with Gasteiger partial charge in [-0.3, -0.25) is 0 Å². The van der Waals surface area contributed by atoms with Gasteiger partial charge in [0.15, 0.2) is 4.73 Å². The second kappa shape index (κ2) is 4.37. The van der Waals surface area contributed by atoms with Gasteiger partial charge in [0.25, 0.3) is 0 Å². The minimum absolute atomic E-state index is 0.750. The van der Waals surface area contributed by atoms with Crippen LogP contribution < -0.4 is 0 Å². The molecule has 0 saturated heterocycles. The van der Waals surface area contributed by atoms with Crippen LogP contribution in [0.25, 0.3) is 11.3 Å². The Morgan fingerprint density at radius 2 is 2.00 bits per heavy atom. The van der Waals surface area contributed by atoms with Crippen LogP contribution >= 0.6 is 27.5 Å². The molecule has 2 aromatic rings. The maximum atomic E-state index is 5.85. The largest absolute Gasteiger partial charge is 0.319 e. The van der Waals surface area contributed by atoms with Gasteiger partial charge in [0, 0.05) is 11.6 Å². The van der Waals surface area contributed by atoms with Gasteiger partial charge in [-0.2, -0.15) is 0 Å². The summed E-state index contributed by atoms with van der Waals surface area (Å²) in [5, 5.41) is 0.750. The van der Waals surface area contributed by atoms with E-state index in [4.69, 9.17) is 11.6 Å². The Hall–Kier alpha value is -0.800. The Kier molecular flexibility index (Phi) is 3.12. The van der Waals surface area contributed by atoms with Crippen molar-refractivity contribution >= 4 is 27.5 Å². The van der Waals surface area contributed by atoms with Crippen molar-refractivity contribution in [3.05, 3.63) is 40.2 Å². The van der Waals surface area contributed by atoms with Crippen LogP contribution in [0, 0.1) is 0 Å². The molecule has 0 saturated carbocycles. The molecule has 0 aliphatic carbocycles.